The molecule has 0 heterocycles. The Kier molecular flexibility index (Phi) is 8.43. The number of rotatable bonds is 9. The van der Waals surface area contributed by atoms with E-state index in [0.717, 1.165) is 24.2 Å². The van der Waals surface area contributed by atoms with E-state index < -0.39 is 23.7 Å². The summed E-state index contributed by atoms with van der Waals surface area (Å²) in [6, 6.07) is 13.9. The van der Waals surface area contributed by atoms with Crippen molar-refractivity contribution in [3.05, 3.63) is 65.7 Å². The van der Waals surface area contributed by atoms with Gasteiger partial charge in [-0.15, -0.1) is 0 Å². The van der Waals surface area contributed by atoms with Crippen LogP contribution in [0.5, 0.6) is 0 Å². The highest BCUT2D eigenvalue weighted by Crippen LogP contribution is 2.31. The summed E-state index contributed by atoms with van der Waals surface area (Å²) in [4.78, 5) is 15.3. The smallest absolute Gasteiger partial charge is 0.324 e. The summed E-state index contributed by atoms with van der Waals surface area (Å²) in [6.07, 6.45) is -4.46. The maximum atomic E-state index is 13.0. The molecule has 1 unspecified atom stereocenters. The van der Waals surface area contributed by atoms with Gasteiger partial charge in [0.25, 0.3) is 0 Å². The molecule has 0 aliphatic carbocycles. The van der Waals surface area contributed by atoms with Crippen molar-refractivity contribution in [1.82, 2.24) is 10.2 Å². The van der Waals surface area contributed by atoms with Crippen molar-refractivity contribution >= 4 is 11.6 Å². The lowest BCUT2D eigenvalue weighted by Gasteiger charge is -2.31. The lowest BCUT2D eigenvalue weighted by Crippen LogP contribution is -2.43. The van der Waals surface area contributed by atoms with E-state index in [1.165, 1.54) is 12.1 Å². The molecule has 164 valence electrons. The maximum Gasteiger partial charge on any atom is 0.416 e. The van der Waals surface area contributed by atoms with Crippen LogP contribution in [0, 0.1) is 0 Å². The average molecular weight is 422 g/mol. The fourth-order valence-electron chi connectivity index (χ4n) is 3.45. The maximum absolute atomic E-state index is 13.0. The van der Waals surface area contributed by atoms with Crippen molar-refractivity contribution < 1.29 is 18.0 Å². The Morgan fingerprint density at radius 2 is 1.60 bits per heavy atom. The molecule has 0 aromatic heterocycles. The molecule has 7 heteroatoms. The van der Waals surface area contributed by atoms with Crippen molar-refractivity contribution in [2.75, 3.05) is 18.4 Å². The molecule has 0 saturated carbocycles. The number of carbonyl (C=O) groups excluding carboxylic acids is 1. The summed E-state index contributed by atoms with van der Waals surface area (Å²) in [5.74, 6) is -0.402. The molecule has 0 aliphatic heterocycles. The minimum atomic E-state index is -4.46. The van der Waals surface area contributed by atoms with Gasteiger partial charge in [-0.1, -0.05) is 36.4 Å². The molecular weight excluding hydrogens is 391 g/mol. The number of halogens is 3. The van der Waals surface area contributed by atoms with Crippen molar-refractivity contribution in [2.24, 2.45) is 0 Å². The van der Waals surface area contributed by atoms with Crippen LogP contribution in [-0.4, -0.2) is 36.0 Å². The first-order chi connectivity index (χ1) is 14.1. The van der Waals surface area contributed by atoms with Gasteiger partial charge in [0.15, 0.2) is 0 Å². The van der Waals surface area contributed by atoms with E-state index in [1.807, 2.05) is 30.3 Å². The zero-order valence-electron chi connectivity index (χ0n) is 17.8. The number of carbonyl (C=O) groups is 1. The molecule has 0 fully saturated rings. The van der Waals surface area contributed by atoms with Gasteiger partial charge in [-0.2, -0.15) is 13.2 Å². The molecule has 2 N–H and O–H groups in total. The summed E-state index contributed by atoms with van der Waals surface area (Å²) in [5, 5.41) is 5.89. The second kappa shape index (κ2) is 10.6. The van der Waals surface area contributed by atoms with Gasteiger partial charge in [0.1, 0.15) is 6.04 Å². The van der Waals surface area contributed by atoms with Crippen LogP contribution in [0.3, 0.4) is 0 Å². The van der Waals surface area contributed by atoms with Gasteiger partial charge in [0.05, 0.1) is 5.56 Å². The molecule has 0 saturated heterocycles. The molecule has 30 heavy (non-hydrogen) atoms. The fraction of sp³-hybridized carbons (Fsp3) is 0.435. The van der Waals surface area contributed by atoms with Crippen LogP contribution < -0.4 is 10.6 Å². The third-order valence-corrected chi connectivity index (χ3v) is 4.90. The van der Waals surface area contributed by atoms with Gasteiger partial charge >= 0.3 is 6.18 Å². The van der Waals surface area contributed by atoms with E-state index in [2.05, 4.69) is 43.2 Å². The largest absolute Gasteiger partial charge is 0.416 e. The summed E-state index contributed by atoms with van der Waals surface area (Å²) < 4.78 is 38.9. The monoisotopic (exact) mass is 421 g/mol. The van der Waals surface area contributed by atoms with E-state index in [1.54, 1.807) is 0 Å². The van der Waals surface area contributed by atoms with Crippen LogP contribution in [0.4, 0.5) is 18.9 Å². The molecule has 0 aliphatic rings. The molecule has 2 aromatic carbocycles. The lowest BCUT2D eigenvalue weighted by molar-refractivity contribution is -0.137. The molecule has 1 amide bonds. The first-order valence-electron chi connectivity index (χ1n) is 10.1. The minimum Gasteiger partial charge on any atom is -0.324 e. The van der Waals surface area contributed by atoms with Crippen molar-refractivity contribution in [2.45, 2.75) is 52.0 Å². The summed E-state index contributed by atoms with van der Waals surface area (Å²) in [7, 11) is 0. The fourth-order valence-corrected chi connectivity index (χ4v) is 3.45. The van der Waals surface area contributed by atoms with Gasteiger partial charge in [-0.05, 0) is 51.5 Å². The summed E-state index contributed by atoms with van der Waals surface area (Å²) >= 11 is 0. The highest BCUT2D eigenvalue weighted by molar-refractivity contribution is 5.95. The molecule has 1 atom stereocenters. The van der Waals surface area contributed by atoms with Gasteiger partial charge in [-0.3, -0.25) is 9.69 Å². The third kappa shape index (κ3) is 6.85. The van der Waals surface area contributed by atoms with Crippen LogP contribution >= 0.6 is 0 Å². The minimum absolute atomic E-state index is 0.114. The topological polar surface area (TPSA) is 44.4 Å². The van der Waals surface area contributed by atoms with Gasteiger partial charge in [-0.25, -0.2) is 0 Å². The normalized spacial score (nSPS) is 13.1. The molecule has 0 bridgehead atoms. The van der Waals surface area contributed by atoms with Crippen LogP contribution in [0.25, 0.3) is 0 Å². The Labute approximate surface area is 176 Å². The number of amides is 1. The van der Waals surface area contributed by atoms with Gasteiger partial charge < -0.3 is 10.6 Å². The van der Waals surface area contributed by atoms with Gasteiger partial charge in [0, 0.05) is 30.9 Å². The molecule has 2 rings (SSSR count). The predicted molar refractivity (Wildman–Crippen MR) is 114 cm³/mol. The SMILES string of the molecule is CC(C)N(CCNC(C(=O)Nc1cccc(C(F)(F)F)c1)c1ccccc1)C(C)C. The highest BCUT2D eigenvalue weighted by Gasteiger charge is 2.30. The van der Waals surface area contributed by atoms with E-state index in [-0.39, 0.29) is 5.69 Å². The molecule has 0 radical (unpaired) electrons. The van der Waals surface area contributed by atoms with Crippen LogP contribution in [0.2, 0.25) is 0 Å². The van der Waals surface area contributed by atoms with Gasteiger partial charge in [0.2, 0.25) is 5.91 Å². The second-order valence-corrected chi connectivity index (χ2v) is 7.79. The second-order valence-electron chi connectivity index (χ2n) is 7.79. The van der Waals surface area contributed by atoms with E-state index in [9.17, 15) is 18.0 Å². The van der Waals surface area contributed by atoms with Crippen molar-refractivity contribution in [3.63, 3.8) is 0 Å². The Morgan fingerprint density at radius 1 is 0.967 bits per heavy atom. The van der Waals surface area contributed by atoms with Crippen LogP contribution in [0.15, 0.2) is 54.6 Å². The zero-order valence-corrected chi connectivity index (χ0v) is 17.8. The Bertz CT molecular complexity index is 799. The van der Waals surface area contributed by atoms with E-state index in [0.29, 0.717) is 18.6 Å². The Hall–Kier alpha value is -2.38. The summed E-state index contributed by atoms with van der Waals surface area (Å²) in [5.41, 5.74) is 0.0696. The number of benzene rings is 2. The van der Waals surface area contributed by atoms with E-state index in [4.69, 9.17) is 0 Å². The number of hydrogen-bond acceptors (Lipinski definition) is 3. The number of nitrogens with one attached hydrogen (secondary N) is 2. The Morgan fingerprint density at radius 3 is 2.17 bits per heavy atom. The quantitative estimate of drug-likeness (QED) is 0.593. The zero-order chi connectivity index (χ0) is 22.3. The molecule has 0 spiro atoms. The Balaban J connectivity index is 2.14. The number of nitrogens with zero attached hydrogens (tertiary/aromatic N) is 1. The number of hydrogen-bond donors (Lipinski definition) is 2. The lowest BCUT2D eigenvalue weighted by atomic mass is 10.1. The molecule has 4 nitrogen and oxygen atoms in total. The first-order valence-corrected chi connectivity index (χ1v) is 10.1. The van der Waals surface area contributed by atoms with E-state index >= 15 is 0 Å². The number of anilines is 1. The predicted octanol–water partition coefficient (Wildman–Crippen LogP) is 5.09. The standard InChI is InChI=1S/C23H30F3N3O/c1-16(2)29(17(3)4)14-13-27-21(18-9-6-5-7-10-18)22(30)28-20-12-8-11-19(15-20)23(24,25)26/h5-12,15-17,21,27H,13-14H2,1-4H3,(H,28,30). The van der Waals surface area contributed by atoms with Crippen LogP contribution in [-0.2, 0) is 11.0 Å². The highest BCUT2D eigenvalue weighted by atomic mass is 19.4. The van der Waals surface area contributed by atoms with Crippen LogP contribution in [0.1, 0.15) is 44.9 Å². The van der Waals surface area contributed by atoms with Crippen molar-refractivity contribution in [1.29, 1.82) is 0 Å². The average Bonchev–Trinajstić information content (AvgIpc) is 2.67. The third-order valence-electron chi connectivity index (χ3n) is 4.90. The number of alkyl halides is 3. The first kappa shape index (κ1) is 23.9. The van der Waals surface area contributed by atoms with Crippen molar-refractivity contribution in [3.8, 4) is 0 Å². The molecular formula is C23H30F3N3O. The summed E-state index contributed by atoms with van der Waals surface area (Å²) in [6.45, 7) is 9.79. The molecule has 2 aromatic rings.